The Morgan fingerprint density at radius 2 is 2.00 bits per heavy atom. The molecule has 0 atom stereocenters. The molecule has 0 fully saturated rings. The lowest BCUT2D eigenvalue weighted by molar-refractivity contribution is 0.477. The number of nitrogens with zero attached hydrogens (tertiary/aromatic N) is 2. The molecule has 14 heavy (non-hydrogen) atoms. The van der Waals surface area contributed by atoms with Crippen molar-refractivity contribution < 1.29 is 5.11 Å². The molecule has 5 nitrogen and oxygen atoms in total. The van der Waals surface area contributed by atoms with Crippen molar-refractivity contribution in [3.8, 4) is 16.3 Å². The number of aromatic hydroxyl groups is 1. The largest absolute Gasteiger partial charge is 0.507 e. The molecule has 0 aliphatic rings. The van der Waals surface area contributed by atoms with E-state index < -0.39 is 0 Å². The summed E-state index contributed by atoms with van der Waals surface area (Å²) in [7, 11) is 0. The smallest absolute Gasteiger partial charge is 0.203 e. The van der Waals surface area contributed by atoms with Crippen LogP contribution in [0, 0.1) is 0 Å². The Labute approximate surface area is 84.0 Å². The Morgan fingerprint density at radius 3 is 2.57 bits per heavy atom. The van der Waals surface area contributed by atoms with Crippen LogP contribution in [0.3, 0.4) is 0 Å². The van der Waals surface area contributed by atoms with E-state index in [0.717, 1.165) is 0 Å². The first-order valence-electron chi connectivity index (χ1n) is 3.84. The van der Waals surface area contributed by atoms with E-state index in [1.54, 1.807) is 12.1 Å². The van der Waals surface area contributed by atoms with Crippen molar-refractivity contribution in [3.63, 3.8) is 0 Å². The third-order valence-corrected chi connectivity index (χ3v) is 2.48. The molecule has 5 N–H and O–H groups in total. The highest BCUT2D eigenvalue weighted by Crippen LogP contribution is 2.33. The Kier molecular flexibility index (Phi) is 1.97. The topological polar surface area (TPSA) is 98.0 Å². The monoisotopic (exact) mass is 208 g/mol. The SMILES string of the molecule is Nc1ccc(-c2nnc(N)s2)c(O)c1. The number of benzene rings is 1. The van der Waals surface area contributed by atoms with Gasteiger partial charge in [0.2, 0.25) is 5.13 Å². The van der Waals surface area contributed by atoms with Gasteiger partial charge in [0.25, 0.3) is 0 Å². The number of phenols is 1. The van der Waals surface area contributed by atoms with E-state index in [1.807, 2.05) is 0 Å². The van der Waals surface area contributed by atoms with Crippen LogP contribution >= 0.6 is 11.3 Å². The van der Waals surface area contributed by atoms with Gasteiger partial charge in [-0.2, -0.15) is 0 Å². The van der Waals surface area contributed by atoms with E-state index in [0.29, 0.717) is 21.4 Å². The highest BCUT2D eigenvalue weighted by atomic mass is 32.1. The summed E-state index contributed by atoms with van der Waals surface area (Å²) in [4.78, 5) is 0. The summed E-state index contributed by atoms with van der Waals surface area (Å²) in [6.07, 6.45) is 0. The first-order valence-corrected chi connectivity index (χ1v) is 4.66. The Hall–Kier alpha value is -1.82. The Balaban J connectivity index is 2.52. The van der Waals surface area contributed by atoms with Gasteiger partial charge in [0.15, 0.2) is 5.01 Å². The molecule has 72 valence electrons. The first kappa shape index (κ1) is 8.76. The second-order valence-electron chi connectivity index (χ2n) is 2.72. The van der Waals surface area contributed by atoms with Crippen molar-refractivity contribution in [1.82, 2.24) is 10.2 Å². The fraction of sp³-hybridized carbons (Fsp3) is 0. The third-order valence-electron chi connectivity index (χ3n) is 1.69. The summed E-state index contributed by atoms with van der Waals surface area (Å²) < 4.78 is 0. The highest BCUT2D eigenvalue weighted by Gasteiger charge is 2.09. The predicted molar refractivity (Wildman–Crippen MR) is 55.8 cm³/mol. The minimum absolute atomic E-state index is 0.0844. The molecule has 1 heterocycles. The maximum Gasteiger partial charge on any atom is 0.203 e. The molecule has 0 saturated heterocycles. The minimum Gasteiger partial charge on any atom is -0.507 e. The second-order valence-corrected chi connectivity index (χ2v) is 3.73. The number of hydrogen-bond acceptors (Lipinski definition) is 6. The molecule has 1 aromatic heterocycles. The quantitative estimate of drug-likeness (QED) is 0.609. The van der Waals surface area contributed by atoms with Gasteiger partial charge in [0.1, 0.15) is 5.75 Å². The molecule has 0 radical (unpaired) electrons. The summed E-state index contributed by atoms with van der Waals surface area (Å²) in [6.45, 7) is 0. The van der Waals surface area contributed by atoms with Crippen LogP contribution in [0.15, 0.2) is 18.2 Å². The molecule has 2 rings (SSSR count). The summed E-state index contributed by atoms with van der Waals surface area (Å²) in [5.41, 5.74) is 12.0. The van der Waals surface area contributed by atoms with Crippen LogP contribution in [0.2, 0.25) is 0 Å². The lowest BCUT2D eigenvalue weighted by Gasteiger charge is -2.00. The zero-order chi connectivity index (χ0) is 10.1. The molecule has 0 amide bonds. The van der Waals surface area contributed by atoms with Crippen LogP contribution < -0.4 is 11.5 Å². The lowest BCUT2D eigenvalue weighted by Crippen LogP contribution is -1.85. The van der Waals surface area contributed by atoms with Crippen LogP contribution in [0.25, 0.3) is 10.6 Å². The van der Waals surface area contributed by atoms with E-state index >= 15 is 0 Å². The average molecular weight is 208 g/mol. The molecule has 0 aliphatic heterocycles. The van der Waals surface area contributed by atoms with Gasteiger partial charge in [-0.15, -0.1) is 10.2 Å². The van der Waals surface area contributed by atoms with Crippen molar-refractivity contribution in [2.45, 2.75) is 0 Å². The summed E-state index contributed by atoms with van der Waals surface area (Å²) in [5.74, 6) is 0.0844. The number of nitrogen functional groups attached to an aromatic ring is 2. The second kappa shape index (κ2) is 3.15. The van der Waals surface area contributed by atoms with Crippen LogP contribution in [0.5, 0.6) is 5.75 Å². The van der Waals surface area contributed by atoms with Gasteiger partial charge >= 0.3 is 0 Å². The number of aromatic nitrogens is 2. The Bertz CT molecular complexity index is 468. The standard InChI is InChI=1S/C8H8N4OS/c9-4-1-2-5(6(13)3-4)7-11-12-8(10)14-7/h1-3,13H,9H2,(H2,10,12). The van der Waals surface area contributed by atoms with E-state index in [1.165, 1.54) is 17.4 Å². The van der Waals surface area contributed by atoms with Crippen molar-refractivity contribution in [2.24, 2.45) is 0 Å². The van der Waals surface area contributed by atoms with Crippen LogP contribution in [0.4, 0.5) is 10.8 Å². The van der Waals surface area contributed by atoms with Gasteiger partial charge in [-0.3, -0.25) is 0 Å². The van der Waals surface area contributed by atoms with Gasteiger partial charge in [-0.1, -0.05) is 11.3 Å². The Morgan fingerprint density at radius 1 is 1.21 bits per heavy atom. The number of nitrogens with two attached hydrogens (primary N) is 2. The number of rotatable bonds is 1. The summed E-state index contributed by atoms with van der Waals surface area (Å²) in [5, 5.41) is 18.0. The van der Waals surface area contributed by atoms with Crippen molar-refractivity contribution in [2.75, 3.05) is 11.5 Å². The number of anilines is 2. The third kappa shape index (κ3) is 1.47. The zero-order valence-corrected chi connectivity index (χ0v) is 7.95. The van der Waals surface area contributed by atoms with Gasteiger partial charge in [0, 0.05) is 11.8 Å². The molecule has 2 aromatic rings. The van der Waals surface area contributed by atoms with Crippen LogP contribution in [-0.2, 0) is 0 Å². The molecular formula is C8H8N4OS. The van der Waals surface area contributed by atoms with Gasteiger partial charge < -0.3 is 16.6 Å². The normalized spacial score (nSPS) is 10.3. The molecule has 0 bridgehead atoms. The first-order chi connectivity index (χ1) is 6.66. The number of phenolic OH excluding ortho intramolecular Hbond substituents is 1. The molecule has 6 heteroatoms. The van der Waals surface area contributed by atoms with E-state index in [2.05, 4.69) is 10.2 Å². The van der Waals surface area contributed by atoms with Gasteiger partial charge in [-0.05, 0) is 12.1 Å². The maximum atomic E-state index is 9.57. The van der Waals surface area contributed by atoms with Crippen molar-refractivity contribution in [3.05, 3.63) is 18.2 Å². The maximum absolute atomic E-state index is 9.57. The predicted octanol–water partition coefficient (Wildman–Crippen LogP) is 1.08. The molecular weight excluding hydrogens is 200 g/mol. The highest BCUT2D eigenvalue weighted by molar-refractivity contribution is 7.18. The van der Waals surface area contributed by atoms with E-state index in [9.17, 15) is 5.11 Å². The van der Waals surface area contributed by atoms with Gasteiger partial charge in [0.05, 0.1) is 5.56 Å². The molecule has 0 unspecified atom stereocenters. The van der Waals surface area contributed by atoms with Gasteiger partial charge in [-0.25, -0.2) is 0 Å². The van der Waals surface area contributed by atoms with Crippen molar-refractivity contribution >= 4 is 22.2 Å². The average Bonchev–Trinajstić information content (AvgIpc) is 2.51. The van der Waals surface area contributed by atoms with E-state index in [4.69, 9.17) is 11.5 Å². The van der Waals surface area contributed by atoms with E-state index in [-0.39, 0.29) is 5.75 Å². The van der Waals surface area contributed by atoms with Crippen LogP contribution in [0.1, 0.15) is 0 Å². The minimum atomic E-state index is 0.0844. The van der Waals surface area contributed by atoms with Crippen molar-refractivity contribution in [1.29, 1.82) is 0 Å². The molecule has 1 aromatic carbocycles. The fourth-order valence-corrected chi connectivity index (χ4v) is 1.72. The summed E-state index contributed by atoms with van der Waals surface area (Å²) >= 11 is 1.22. The lowest BCUT2D eigenvalue weighted by atomic mass is 10.2. The molecule has 0 spiro atoms. The fourth-order valence-electron chi connectivity index (χ4n) is 1.07. The van der Waals surface area contributed by atoms with Crippen LogP contribution in [-0.4, -0.2) is 15.3 Å². The molecule has 0 aliphatic carbocycles. The zero-order valence-electron chi connectivity index (χ0n) is 7.14. The number of hydrogen-bond donors (Lipinski definition) is 3. The molecule has 0 saturated carbocycles. The summed E-state index contributed by atoms with van der Waals surface area (Å²) in [6, 6.07) is 4.84.